The number of hydrogen-bond donors (Lipinski definition) is 1. The normalized spacial score (nSPS) is 23.9. The number of rotatable bonds is 2. The molecule has 1 aliphatic heterocycles. The highest BCUT2D eigenvalue weighted by Gasteiger charge is 2.62. The zero-order valence-corrected chi connectivity index (χ0v) is 14.8. The lowest BCUT2D eigenvalue weighted by atomic mass is 10.1. The van der Waals surface area contributed by atoms with Gasteiger partial charge in [-0.2, -0.15) is 0 Å². The minimum atomic E-state index is -0.0533. The van der Waals surface area contributed by atoms with Crippen LogP contribution in [-0.2, 0) is 0 Å². The zero-order chi connectivity index (χ0) is 17.1. The minimum absolute atomic E-state index is 0.0533. The van der Waals surface area contributed by atoms with Crippen molar-refractivity contribution in [3.8, 4) is 5.69 Å². The highest BCUT2D eigenvalue weighted by Crippen LogP contribution is 2.61. The summed E-state index contributed by atoms with van der Waals surface area (Å²) in [5, 5.41) is 8.13. The van der Waals surface area contributed by atoms with Gasteiger partial charge in [0.15, 0.2) is 5.82 Å². The van der Waals surface area contributed by atoms with E-state index >= 15 is 0 Å². The van der Waals surface area contributed by atoms with E-state index in [1.165, 1.54) is 0 Å². The molecular weight excluding hydrogens is 324 g/mol. The molecule has 2 amide bonds. The summed E-state index contributed by atoms with van der Waals surface area (Å²) in [4.78, 5) is 14.4. The van der Waals surface area contributed by atoms with Gasteiger partial charge in [-0.05, 0) is 48.4 Å². The number of carbonyl (C=O) groups excluding carboxylic acids is 1. The number of urea groups is 1. The molecule has 0 spiro atoms. The number of piperidine rings is 1. The molecule has 2 aliphatic rings. The van der Waals surface area contributed by atoms with Crippen LogP contribution in [0, 0.1) is 24.2 Å². The van der Waals surface area contributed by atoms with Gasteiger partial charge in [0.25, 0.3) is 0 Å². The number of aryl methyl sites for hydroxylation is 1. The monoisotopic (exact) mass is 344 g/mol. The molecule has 2 unspecified atom stereocenters. The summed E-state index contributed by atoms with van der Waals surface area (Å²) in [7, 11) is 0. The van der Waals surface area contributed by atoms with Crippen molar-refractivity contribution < 1.29 is 4.79 Å². The van der Waals surface area contributed by atoms with Gasteiger partial charge >= 0.3 is 6.03 Å². The Morgan fingerprint density at radius 2 is 1.88 bits per heavy atom. The van der Waals surface area contributed by atoms with Crippen LogP contribution in [-0.4, -0.2) is 33.8 Å². The maximum atomic E-state index is 12.5. The molecule has 2 atom stereocenters. The van der Waals surface area contributed by atoms with Gasteiger partial charge in [0, 0.05) is 29.9 Å². The smallest absolute Gasteiger partial charge is 0.323 e. The number of aromatic nitrogens is 2. The van der Waals surface area contributed by atoms with E-state index in [9.17, 15) is 4.79 Å². The molecule has 1 aromatic heterocycles. The van der Waals surface area contributed by atoms with E-state index < -0.39 is 0 Å². The topological polar surface area (TPSA) is 50.2 Å². The van der Waals surface area contributed by atoms with Gasteiger partial charge in [0.2, 0.25) is 0 Å². The standard InChI is InChI=1S/C18H21ClN4O/c1-11-8-23(13-6-4-12(19)5-7-13)21-16(11)20-17(24)22-9-14-15(10-22)18(14,2)3/h4-8,14-15H,9-10H2,1-3H3,(H,20,21,24). The van der Waals surface area contributed by atoms with Crippen LogP contribution >= 0.6 is 11.6 Å². The quantitative estimate of drug-likeness (QED) is 0.896. The first kappa shape index (κ1) is 15.5. The van der Waals surface area contributed by atoms with Crippen molar-refractivity contribution in [2.24, 2.45) is 17.3 Å². The Morgan fingerprint density at radius 1 is 1.25 bits per heavy atom. The first-order valence-corrected chi connectivity index (χ1v) is 8.62. The highest BCUT2D eigenvalue weighted by atomic mass is 35.5. The molecule has 2 heterocycles. The fraction of sp³-hybridized carbons (Fsp3) is 0.444. The molecule has 0 bridgehead atoms. The highest BCUT2D eigenvalue weighted by molar-refractivity contribution is 6.30. The van der Waals surface area contributed by atoms with Gasteiger partial charge in [0.1, 0.15) is 0 Å². The number of nitrogens with one attached hydrogen (secondary N) is 1. The van der Waals surface area contributed by atoms with Crippen LogP contribution in [0.25, 0.3) is 5.69 Å². The molecule has 24 heavy (non-hydrogen) atoms. The van der Waals surface area contributed by atoms with Crippen molar-refractivity contribution in [3.63, 3.8) is 0 Å². The first-order valence-electron chi connectivity index (χ1n) is 8.24. The van der Waals surface area contributed by atoms with E-state index in [0.717, 1.165) is 24.3 Å². The van der Waals surface area contributed by atoms with Crippen LogP contribution < -0.4 is 5.32 Å². The van der Waals surface area contributed by atoms with Gasteiger partial charge in [-0.25, -0.2) is 9.48 Å². The van der Waals surface area contributed by atoms with E-state index in [1.54, 1.807) is 4.68 Å². The average molecular weight is 345 g/mol. The largest absolute Gasteiger partial charge is 0.324 e. The second-order valence-corrected chi connectivity index (χ2v) is 7.89. The fourth-order valence-electron chi connectivity index (χ4n) is 3.79. The number of carbonyl (C=O) groups is 1. The summed E-state index contributed by atoms with van der Waals surface area (Å²) < 4.78 is 1.76. The van der Waals surface area contributed by atoms with Crippen molar-refractivity contribution >= 4 is 23.4 Å². The number of nitrogens with zero attached hydrogens (tertiary/aromatic N) is 3. The fourth-order valence-corrected chi connectivity index (χ4v) is 3.91. The molecule has 1 N–H and O–H groups in total. The van der Waals surface area contributed by atoms with E-state index in [0.29, 0.717) is 28.1 Å². The molecule has 1 saturated heterocycles. The van der Waals surface area contributed by atoms with Crippen LogP contribution in [0.2, 0.25) is 5.02 Å². The van der Waals surface area contributed by atoms with E-state index in [-0.39, 0.29) is 6.03 Å². The molecule has 0 radical (unpaired) electrons. The SMILES string of the molecule is Cc1cn(-c2ccc(Cl)cc2)nc1NC(=O)N1CC2C(C1)C2(C)C. The molecule has 5 nitrogen and oxygen atoms in total. The average Bonchev–Trinajstić information content (AvgIpc) is 2.95. The second-order valence-electron chi connectivity index (χ2n) is 7.45. The maximum absolute atomic E-state index is 12.5. The third kappa shape index (κ3) is 2.47. The van der Waals surface area contributed by atoms with Crippen LogP contribution in [0.3, 0.4) is 0 Å². The summed E-state index contributed by atoms with van der Waals surface area (Å²) >= 11 is 5.92. The van der Waals surface area contributed by atoms with Gasteiger partial charge in [-0.15, -0.1) is 5.10 Å². The first-order chi connectivity index (χ1) is 11.4. The van der Waals surface area contributed by atoms with Gasteiger partial charge < -0.3 is 4.90 Å². The van der Waals surface area contributed by atoms with Gasteiger partial charge in [-0.3, -0.25) is 5.32 Å². The summed E-state index contributed by atoms with van der Waals surface area (Å²) in [6.07, 6.45) is 1.91. The Labute approximate surface area is 146 Å². The van der Waals surface area contributed by atoms with Crippen molar-refractivity contribution in [3.05, 3.63) is 41.0 Å². The number of anilines is 1. The Bertz CT molecular complexity index is 782. The lowest BCUT2D eigenvalue weighted by molar-refractivity contribution is 0.209. The Hall–Kier alpha value is -2.01. The molecule has 1 aliphatic carbocycles. The molecule has 4 rings (SSSR count). The molecule has 2 aromatic rings. The minimum Gasteiger partial charge on any atom is -0.324 e. The third-order valence-electron chi connectivity index (χ3n) is 5.62. The molecule has 126 valence electrons. The molecule has 6 heteroatoms. The Morgan fingerprint density at radius 3 is 2.50 bits per heavy atom. The maximum Gasteiger partial charge on any atom is 0.323 e. The number of fused-ring (bicyclic) bond motifs is 1. The van der Waals surface area contributed by atoms with Gasteiger partial charge in [-0.1, -0.05) is 25.4 Å². The van der Waals surface area contributed by atoms with Crippen molar-refractivity contribution in [1.82, 2.24) is 14.7 Å². The predicted octanol–water partition coefficient (Wildman–Crippen LogP) is 3.95. The van der Waals surface area contributed by atoms with Crippen LogP contribution in [0.15, 0.2) is 30.5 Å². The number of benzene rings is 1. The summed E-state index contributed by atoms with van der Waals surface area (Å²) in [5.41, 5.74) is 2.25. The number of hydrogen-bond acceptors (Lipinski definition) is 2. The summed E-state index contributed by atoms with van der Waals surface area (Å²) in [6, 6.07) is 7.39. The zero-order valence-electron chi connectivity index (χ0n) is 14.1. The van der Waals surface area contributed by atoms with Crippen molar-refractivity contribution in [1.29, 1.82) is 0 Å². The van der Waals surface area contributed by atoms with E-state index in [1.807, 2.05) is 42.3 Å². The summed E-state index contributed by atoms with van der Waals surface area (Å²) in [6.45, 7) is 8.21. The van der Waals surface area contributed by atoms with Crippen molar-refractivity contribution in [2.45, 2.75) is 20.8 Å². The number of amides is 2. The molecule has 1 saturated carbocycles. The van der Waals surface area contributed by atoms with Gasteiger partial charge in [0.05, 0.1) is 5.69 Å². The Kier molecular flexibility index (Phi) is 3.39. The lowest BCUT2D eigenvalue weighted by Crippen LogP contribution is -2.36. The third-order valence-corrected chi connectivity index (χ3v) is 5.87. The molecule has 2 fully saturated rings. The van der Waals surface area contributed by atoms with E-state index in [2.05, 4.69) is 24.3 Å². The number of likely N-dealkylation sites (tertiary alicyclic amines) is 1. The predicted molar refractivity (Wildman–Crippen MR) is 94.7 cm³/mol. The molecule has 1 aromatic carbocycles. The second kappa shape index (κ2) is 5.24. The summed E-state index contributed by atoms with van der Waals surface area (Å²) in [5.74, 6) is 1.90. The number of halogens is 1. The molecular formula is C18H21ClN4O. The van der Waals surface area contributed by atoms with Crippen LogP contribution in [0.1, 0.15) is 19.4 Å². The van der Waals surface area contributed by atoms with Crippen molar-refractivity contribution in [2.75, 3.05) is 18.4 Å². The van der Waals surface area contributed by atoms with Crippen LogP contribution in [0.5, 0.6) is 0 Å². The Balaban J connectivity index is 1.46. The van der Waals surface area contributed by atoms with Crippen LogP contribution in [0.4, 0.5) is 10.6 Å². The lowest BCUT2D eigenvalue weighted by Gasteiger charge is -2.22. The van der Waals surface area contributed by atoms with E-state index in [4.69, 9.17) is 11.6 Å².